The van der Waals surface area contributed by atoms with Crippen molar-refractivity contribution in [3.63, 3.8) is 0 Å². The number of ether oxygens (including phenoxy) is 1. The van der Waals surface area contributed by atoms with Crippen molar-refractivity contribution >= 4 is 35.2 Å². The zero-order valence-electron chi connectivity index (χ0n) is 13.1. The van der Waals surface area contributed by atoms with E-state index >= 15 is 0 Å². The van der Waals surface area contributed by atoms with Gasteiger partial charge in [-0.15, -0.1) is 11.8 Å². The lowest BCUT2D eigenvalue weighted by Crippen LogP contribution is -2.30. The first-order valence-corrected chi connectivity index (χ1v) is 8.80. The van der Waals surface area contributed by atoms with E-state index in [1.54, 1.807) is 24.3 Å². The molecule has 0 aliphatic heterocycles. The van der Waals surface area contributed by atoms with Crippen LogP contribution in [0.15, 0.2) is 24.3 Å². The van der Waals surface area contributed by atoms with Crippen molar-refractivity contribution in [1.82, 2.24) is 5.32 Å². The Kier molecular flexibility index (Phi) is 6.92. The Bertz CT molecular complexity index is 604. The molecule has 1 aliphatic carbocycles. The molecule has 3 N–H and O–H groups in total. The molecule has 0 heterocycles. The van der Waals surface area contributed by atoms with Crippen LogP contribution in [0.5, 0.6) is 5.75 Å². The molecule has 2 amide bonds. The third-order valence-electron chi connectivity index (χ3n) is 3.21. The summed E-state index contributed by atoms with van der Waals surface area (Å²) in [5, 5.41) is 14.0. The quantitative estimate of drug-likeness (QED) is 0.549. The predicted molar refractivity (Wildman–Crippen MR) is 91.3 cm³/mol. The van der Waals surface area contributed by atoms with Gasteiger partial charge >= 0.3 is 5.97 Å². The summed E-state index contributed by atoms with van der Waals surface area (Å²) in [6.45, 7) is 0.251. The SMILES string of the molecule is O=C(O)CSCCNC(=O)COc1cccc(NC(=O)C2CC2)c1. The van der Waals surface area contributed by atoms with Gasteiger partial charge < -0.3 is 20.5 Å². The minimum Gasteiger partial charge on any atom is -0.484 e. The highest BCUT2D eigenvalue weighted by Crippen LogP contribution is 2.30. The van der Waals surface area contributed by atoms with Crippen molar-refractivity contribution in [3.8, 4) is 5.75 Å². The number of benzene rings is 1. The highest BCUT2D eigenvalue weighted by atomic mass is 32.2. The van der Waals surface area contributed by atoms with Gasteiger partial charge in [-0.05, 0) is 25.0 Å². The third kappa shape index (κ3) is 6.91. The number of thioether (sulfide) groups is 1. The number of anilines is 1. The topological polar surface area (TPSA) is 105 Å². The van der Waals surface area contributed by atoms with Crippen LogP contribution >= 0.6 is 11.8 Å². The molecular formula is C16H20N2O5S. The molecule has 0 spiro atoms. The van der Waals surface area contributed by atoms with Gasteiger partial charge in [0.15, 0.2) is 6.61 Å². The first kappa shape index (κ1) is 18.1. The van der Waals surface area contributed by atoms with Gasteiger partial charge in [0.25, 0.3) is 5.91 Å². The average Bonchev–Trinajstić information content (AvgIpc) is 3.37. The van der Waals surface area contributed by atoms with E-state index in [9.17, 15) is 14.4 Å². The summed E-state index contributed by atoms with van der Waals surface area (Å²) >= 11 is 1.24. The molecule has 0 bridgehead atoms. The molecule has 0 unspecified atom stereocenters. The fraction of sp³-hybridized carbons (Fsp3) is 0.438. The third-order valence-corrected chi connectivity index (χ3v) is 4.16. The van der Waals surface area contributed by atoms with Crippen molar-refractivity contribution in [2.75, 3.05) is 30.0 Å². The molecule has 7 nitrogen and oxygen atoms in total. The lowest BCUT2D eigenvalue weighted by molar-refractivity contribution is -0.134. The number of amides is 2. The highest BCUT2D eigenvalue weighted by Gasteiger charge is 2.29. The second-order valence-electron chi connectivity index (χ2n) is 5.38. The van der Waals surface area contributed by atoms with E-state index in [1.807, 2.05) is 0 Å². The minimum absolute atomic E-state index is 0.0174. The molecule has 0 radical (unpaired) electrons. The molecule has 24 heavy (non-hydrogen) atoms. The van der Waals surface area contributed by atoms with Crippen LogP contribution in [0.2, 0.25) is 0 Å². The Labute approximate surface area is 144 Å². The maximum atomic E-state index is 11.7. The summed E-state index contributed by atoms with van der Waals surface area (Å²) in [4.78, 5) is 33.7. The Morgan fingerprint density at radius 2 is 2.08 bits per heavy atom. The second kappa shape index (κ2) is 9.17. The van der Waals surface area contributed by atoms with E-state index in [0.717, 1.165) is 12.8 Å². The highest BCUT2D eigenvalue weighted by molar-refractivity contribution is 7.99. The number of carbonyl (C=O) groups excluding carboxylic acids is 2. The lowest BCUT2D eigenvalue weighted by Gasteiger charge is -2.09. The summed E-state index contributed by atoms with van der Waals surface area (Å²) in [6.07, 6.45) is 1.87. The van der Waals surface area contributed by atoms with Crippen molar-refractivity contribution in [1.29, 1.82) is 0 Å². The molecule has 1 aromatic rings. The lowest BCUT2D eigenvalue weighted by atomic mass is 10.3. The second-order valence-corrected chi connectivity index (χ2v) is 6.48. The molecule has 2 rings (SSSR count). The van der Waals surface area contributed by atoms with Gasteiger partial charge in [0.2, 0.25) is 5.91 Å². The zero-order valence-corrected chi connectivity index (χ0v) is 13.9. The van der Waals surface area contributed by atoms with Crippen LogP contribution in [0.4, 0.5) is 5.69 Å². The molecule has 130 valence electrons. The normalized spacial score (nSPS) is 13.2. The van der Waals surface area contributed by atoms with Crippen LogP contribution in [-0.4, -0.2) is 47.5 Å². The number of rotatable bonds is 10. The molecule has 0 aromatic heterocycles. The fourth-order valence-electron chi connectivity index (χ4n) is 1.88. The number of hydrogen-bond acceptors (Lipinski definition) is 5. The van der Waals surface area contributed by atoms with E-state index in [2.05, 4.69) is 10.6 Å². The maximum absolute atomic E-state index is 11.7. The molecule has 1 fully saturated rings. The number of carboxylic acid groups (broad SMARTS) is 1. The number of hydrogen-bond donors (Lipinski definition) is 3. The monoisotopic (exact) mass is 352 g/mol. The molecule has 0 saturated heterocycles. The minimum atomic E-state index is -0.872. The first-order chi connectivity index (χ1) is 11.5. The molecule has 1 aromatic carbocycles. The van der Waals surface area contributed by atoms with Crippen LogP contribution in [0, 0.1) is 5.92 Å². The van der Waals surface area contributed by atoms with E-state index in [1.165, 1.54) is 11.8 Å². The number of nitrogens with one attached hydrogen (secondary N) is 2. The van der Waals surface area contributed by atoms with Crippen molar-refractivity contribution in [2.45, 2.75) is 12.8 Å². The van der Waals surface area contributed by atoms with E-state index in [4.69, 9.17) is 9.84 Å². The van der Waals surface area contributed by atoms with Crippen molar-refractivity contribution in [3.05, 3.63) is 24.3 Å². The average molecular weight is 352 g/mol. The van der Waals surface area contributed by atoms with E-state index < -0.39 is 5.97 Å². The number of carbonyl (C=O) groups is 3. The van der Waals surface area contributed by atoms with Crippen molar-refractivity contribution < 1.29 is 24.2 Å². The Balaban J connectivity index is 1.66. The molecule has 1 saturated carbocycles. The smallest absolute Gasteiger partial charge is 0.313 e. The van der Waals surface area contributed by atoms with Gasteiger partial charge in [0.1, 0.15) is 5.75 Å². The summed E-state index contributed by atoms with van der Waals surface area (Å²) in [5.74, 6) is 0.0377. The summed E-state index contributed by atoms with van der Waals surface area (Å²) in [5.41, 5.74) is 0.648. The maximum Gasteiger partial charge on any atom is 0.313 e. The summed E-state index contributed by atoms with van der Waals surface area (Å²) in [7, 11) is 0. The van der Waals surface area contributed by atoms with Gasteiger partial charge in [-0.3, -0.25) is 14.4 Å². The van der Waals surface area contributed by atoms with E-state index in [0.29, 0.717) is 23.7 Å². The van der Waals surface area contributed by atoms with Gasteiger partial charge in [-0.2, -0.15) is 0 Å². The van der Waals surface area contributed by atoms with E-state index in [-0.39, 0.29) is 30.1 Å². The number of carboxylic acids is 1. The molecule has 8 heteroatoms. The van der Waals surface area contributed by atoms with Crippen LogP contribution in [-0.2, 0) is 14.4 Å². The van der Waals surface area contributed by atoms with Crippen LogP contribution in [0.25, 0.3) is 0 Å². The van der Waals surface area contributed by atoms with Gasteiger partial charge in [0.05, 0.1) is 5.75 Å². The molecule has 0 atom stereocenters. The summed E-state index contributed by atoms with van der Waals surface area (Å²) in [6, 6.07) is 6.91. The van der Waals surface area contributed by atoms with Gasteiger partial charge in [-0.1, -0.05) is 6.07 Å². The van der Waals surface area contributed by atoms with Crippen molar-refractivity contribution in [2.24, 2.45) is 5.92 Å². The van der Waals surface area contributed by atoms with Crippen LogP contribution < -0.4 is 15.4 Å². The van der Waals surface area contributed by atoms with Gasteiger partial charge in [0, 0.05) is 30.0 Å². The molecule has 1 aliphatic rings. The largest absolute Gasteiger partial charge is 0.484 e. The fourth-order valence-corrected chi connectivity index (χ4v) is 2.44. The zero-order chi connectivity index (χ0) is 17.4. The van der Waals surface area contributed by atoms with Crippen LogP contribution in [0.1, 0.15) is 12.8 Å². The Morgan fingerprint density at radius 1 is 1.29 bits per heavy atom. The van der Waals surface area contributed by atoms with Crippen LogP contribution in [0.3, 0.4) is 0 Å². The summed E-state index contributed by atoms with van der Waals surface area (Å²) < 4.78 is 5.40. The first-order valence-electron chi connectivity index (χ1n) is 7.64. The Morgan fingerprint density at radius 3 is 2.79 bits per heavy atom. The Hall–Kier alpha value is -2.22. The predicted octanol–water partition coefficient (Wildman–Crippen LogP) is 1.35. The number of aliphatic carboxylic acids is 1. The molecular weight excluding hydrogens is 332 g/mol. The standard InChI is InChI=1S/C16H20N2O5S/c19-14(17-6-7-24-10-15(20)21)9-23-13-3-1-2-12(8-13)18-16(22)11-4-5-11/h1-3,8,11H,4-7,9-10H2,(H,17,19)(H,18,22)(H,20,21). The van der Waals surface area contributed by atoms with Gasteiger partial charge in [-0.25, -0.2) is 0 Å².